The van der Waals surface area contributed by atoms with Crippen molar-refractivity contribution in [1.82, 2.24) is 15.1 Å². The third-order valence-corrected chi connectivity index (χ3v) is 12.7. The van der Waals surface area contributed by atoms with Gasteiger partial charge in [0.15, 0.2) is 16.1 Å². The molecule has 2 heterocycles. The van der Waals surface area contributed by atoms with Gasteiger partial charge in [-0.1, -0.05) is 35.3 Å². The molecule has 2 saturated carbocycles. The number of rotatable bonds is 7. The first kappa shape index (κ1) is 32.9. The first-order valence-electron chi connectivity index (χ1n) is 15.7. The number of ether oxygens (including phenoxy) is 1. The van der Waals surface area contributed by atoms with Crippen LogP contribution in [0.25, 0.3) is 0 Å². The Morgan fingerprint density at radius 1 is 1.00 bits per heavy atom. The minimum Gasteiger partial charge on any atom is -0.425 e. The maximum Gasteiger partial charge on any atom is 0.410 e. The molecule has 13 heteroatoms. The monoisotopic (exact) mass is 687 g/mol. The molecule has 2 aromatic rings. The SMILES string of the molecule is CC(C)(C)N1CCN(c2ccc(S(=O)(=O)[C@@H]3C[C@H](OC(=O)NC4(C#N)CC4)N(C(=O)C4(c5ccc(Cl)cc5)CC4)C3)c(Cl)c2)CC1. The van der Waals surface area contributed by atoms with Gasteiger partial charge in [0.2, 0.25) is 5.91 Å². The molecule has 2 amide bonds. The average Bonchev–Trinajstić information content (AvgIpc) is 3.94. The van der Waals surface area contributed by atoms with Crippen molar-refractivity contribution in [1.29, 1.82) is 5.26 Å². The van der Waals surface area contributed by atoms with Crippen molar-refractivity contribution in [3.63, 3.8) is 0 Å². The Morgan fingerprint density at radius 2 is 1.65 bits per heavy atom. The Labute approximate surface area is 280 Å². The number of nitrogens with one attached hydrogen (secondary N) is 1. The van der Waals surface area contributed by atoms with Gasteiger partial charge < -0.3 is 19.9 Å². The standard InChI is InChI=1S/C33H39Cl2N5O5S/c1-31(2,3)39-16-14-38(15-17-39)24-8-9-27(26(35)18-24)46(43,44)25-19-28(45-30(42)37-32(21-36)10-11-32)40(20-25)29(41)33(12-13-33)22-4-6-23(34)7-5-22/h4-9,18,25,28H,10-17,19-20H2,1-3H3,(H,37,42)/t25-,28+/m1/s1. The second-order valence-electron chi connectivity index (χ2n) is 13.9. The Morgan fingerprint density at radius 3 is 2.20 bits per heavy atom. The molecule has 2 saturated heterocycles. The van der Waals surface area contributed by atoms with E-state index in [9.17, 15) is 23.3 Å². The van der Waals surface area contributed by atoms with Gasteiger partial charge in [0.25, 0.3) is 0 Å². The minimum atomic E-state index is -4.04. The maximum atomic E-state index is 14.1. The molecule has 0 spiro atoms. The number of benzene rings is 2. The fourth-order valence-corrected chi connectivity index (χ4v) is 8.92. The lowest BCUT2D eigenvalue weighted by atomic mass is 9.94. The lowest BCUT2D eigenvalue weighted by Crippen LogP contribution is -2.53. The summed E-state index contributed by atoms with van der Waals surface area (Å²) in [6, 6.07) is 14.1. The average molecular weight is 689 g/mol. The van der Waals surface area contributed by atoms with E-state index in [0.29, 0.717) is 30.7 Å². The van der Waals surface area contributed by atoms with Gasteiger partial charge >= 0.3 is 6.09 Å². The summed E-state index contributed by atoms with van der Waals surface area (Å²) >= 11 is 12.8. The van der Waals surface area contributed by atoms with E-state index in [1.807, 2.05) is 0 Å². The molecule has 46 heavy (non-hydrogen) atoms. The quantitative estimate of drug-likeness (QED) is 0.425. The van der Waals surface area contributed by atoms with Crippen LogP contribution in [0.1, 0.15) is 58.4 Å². The van der Waals surface area contributed by atoms with Crippen molar-refractivity contribution < 1.29 is 22.7 Å². The molecule has 1 N–H and O–H groups in total. The van der Waals surface area contributed by atoms with E-state index < -0.39 is 38.4 Å². The number of carbonyl (C=O) groups excluding carboxylic acids is 2. The largest absolute Gasteiger partial charge is 0.425 e. The Bertz CT molecular complexity index is 1670. The number of nitrogens with zero attached hydrogens (tertiary/aromatic N) is 4. The predicted octanol–water partition coefficient (Wildman–Crippen LogP) is 5.13. The van der Waals surface area contributed by atoms with Gasteiger partial charge in [-0.05, 0) is 82.3 Å². The fourth-order valence-electron chi connectivity index (χ4n) is 6.58. The number of alkyl carbamates (subject to hydrolysis) is 1. The zero-order valence-electron chi connectivity index (χ0n) is 26.3. The normalized spacial score (nSPS) is 23.8. The van der Waals surface area contributed by atoms with E-state index in [4.69, 9.17) is 27.9 Å². The number of sulfone groups is 1. The molecular weight excluding hydrogens is 649 g/mol. The summed E-state index contributed by atoms with van der Waals surface area (Å²) < 4.78 is 33.9. The lowest BCUT2D eigenvalue weighted by molar-refractivity contribution is -0.140. The van der Waals surface area contributed by atoms with Crippen LogP contribution in [-0.4, -0.2) is 85.5 Å². The van der Waals surface area contributed by atoms with Gasteiger partial charge in [-0.15, -0.1) is 0 Å². The molecule has 2 aromatic carbocycles. The van der Waals surface area contributed by atoms with Crippen LogP contribution < -0.4 is 10.2 Å². The van der Waals surface area contributed by atoms with Gasteiger partial charge in [-0.25, -0.2) is 13.2 Å². The molecular formula is C33H39Cl2N5O5S. The highest BCUT2D eigenvalue weighted by atomic mass is 35.5. The predicted molar refractivity (Wildman–Crippen MR) is 176 cm³/mol. The van der Waals surface area contributed by atoms with Crippen molar-refractivity contribution in [3.8, 4) is 6.07 Å². The zero-order chi connectivity index (χ0) is 33.1. The van der Waals surface area contributed by atoms with Gasteiger partial charge in [0.1, 0.15) is 5.54 Å². The molecule has 2 atom stereocenters. The lowest BCUT2D eigenvalue weighted by Gasteiger charge is -2.43. The van der Waals surface area contributed by atoms with Crippen LogP contribution in [0.15, 0.2) is 47.4 Å². The first-order valence-corrected chi connectivity index (χ1v) is 18.0. The topological polar surface area (TPSA) is 123 Å². The molecule has 0 aromatic heterocycles. The number of hydrogen-bond acceptors (Lipinski definition) is 8. The van der Waals surface area contributed by atoms with E-state index >= 15 is 0 Å². The van der Waals surface area contributed by atoms with Crippen LogP contribution in [0, 0.1) is 11.3 Å². The highest BCUT2D eigenvalue weighted by Gasteiger charge is 2.57. The summed E-state index contributed by atoms with van der Waals surface area (Å²) in [6.45, 7) is 9.77. The zero-order valence-corrected chi connectivity index (χ0v) is 28.6. The van der Waals surface area contributed by atoms with Crippen LogP contribution in [0.4, 0.5) is 10.5 Å². The molecule has 246 valence electrons. The van der Waals surface area contributed by atoms with Gasteiger partial charge in [0.05, 0.1) is 26.7 Å². The van der Waals surface area contributed by atoms with E-state index in [2.05, 4.69) is 42.0 Å². The Balaban J connectivity index is 1.23. The molecule has 10 nitrogen and oxygen atoms in total. The minimum absolute atomic E-state index is 0.0194. The van der Waals surface area contributed by atoms with Crippen molar-refractivity contribution in [2.24, 2.45) is 0 Å². The third-order valence-electron chi connectivity index (χ3n) is 9.83. The van der Waals surface area contributed by atoms with E-state index in [1.54, 1.807) is 36.4 Å². The second kappa shape index (κ2) is 11.9. The number of halogens is 2. The number of nitriles is 1. The van der Waals surface area contributed by atoms with Crippen LogP contribution in [0.2, 0.25) is 10.0 Å². The van der Waals surface area contributed by atoms with Crippen LogP contribution in [-0.2, 0) is 24.8 Å². The Kier molecular flexibility index (Phi) is 8.50. The number of piperazine rings is 1. The summed E-state index contributed by atoms with van der Waals surface area (Å²) in [6.07, 6.45) is 0.0515. The van der Waals surface area contributed by atoms with Crippen LogP contribution >= 0.6 is 23.2 Å². The highest BCUT2D eigenvalue weighted by Crippen LogP contribution is 2.51. The smallest absolute Gasteiger partial charge is 0.410 e. The first-order chi connectivity index (χ1) is 21.7. The van der Waals surface area contributed by atoms with Gasteiger partial charge in [-0.3, -0.25) is 9.69 Å². The van der Waals surface area contributed by atoms with Crippen molar-refractivity contribution in [3.05, 3.63) is 58.1 Å². The summed E-state index contributed by atoms with van der Waals surface area (Å²) in [5, 5.41) is 11.6. The van der Waals surface area contributed by atoms with Crippen molar-refractivity contribution >= 4 is 50.7 Å². The van der Waals surface area contributed by atoms with Crippen LogP contribution in [0.3, 0.4) is 0 Å². The number of amides is 2. The molecule has 4 fully saturated rings. The van der Waals surface area contributed by atoms with E-state index in [0.717, 1.165) is 37.4 Å². The van der Waals surface area contributed by atoms with E-state index in [-0.39, 0.29) is 34.3 Å². The summed E-state index contributed by atoms with van der Waals surface area (Å²) in [7, 11) is -4.04. The third kappa shape index (κ3) is 6.29. The molecule has 6 rings (SSSR count). The van der Waals surface area contributed by atoms with Crippen molar-refractivity contribution in [2.45, 2.75) is 85.7 Å². The maximum absolute atomic E-state index is 14.1. The molecule has 0 radical (unpaired) electrons. The number of likely N-dealkylation sites (tertiary alicyclic amines) is 1. The highest BCUT2D eigenvalue weighted by molar-refractivity contribution is 7.92. The van der Waals surface area contributed by atoms with Crippen molar-refractivity contribution in [2.75, 3.05) is 37.6 Å². The summed E-state index contributed by atoms with van der Waals surface area (Å²) in [5.74, 6) is -0.303. The number of hydrogen-bond donors (Lipinski definition) is 1. The van der Waals surface area contributed by atoms with Crippen LogP contribution in [0.5, 0.6) is 0 Å². The molecule has 0 unspecified atom stereocenters. The molecule has 2 aliphatic carbocycles. The van der Waals surface area contributed by atoms with Gasteiger partial charge in [0, 0.05) is 55.4 Å². The second-order valence-corrected chi connectivity index (χ2v) is 16.9. The number of carbonyl (C=O) groups is 2. The molecule has 4 aliphatic rings. The van der Waals surface area contributed by atoms with E-state index in [1.165, 1.54) is 11.0 Å². The Hall–Kier alpha value is -3.04. The number of anilines is 1. The molecule has 0 bridgehead atoms. The fraction of sp³-hybridized carbons (Fsp3) is 0.545. The van der Waals surface area contributed by atoms with Gasteiger partial charge in [-0.2, -0.15) is 5.26 Å². The molecule has 2 aliphatic heterocycles. The summed E-state index contributed by atoms with van der Waals surface area (Å²) in [5.41, 5.74) is -0.125. The summed E-state index contributed by atoms with van der Waals surface area (Å²) in [4.78, 5) is 33.0.